The number of esters is 2. The summed E-state index contributed by atoms with van der Waals surface area (Å²) in [6, 6.07) is 4.95. The Morgan fingerprint density at radius 1 is 0.924 bits per heavy atom. The van der Waals surface area contributed by atoms with Gasteiger partial charge in [0.15, 0.2) is 40.1 Å². The summed E-state index contributed by atoms with van der Waals surface area (Å²) in [5, 5.41) is 80.8. The fourth-order valence-corrected chi connectivity index (χ4v) is 9.99. The zero-order valence-electron chi connectivity index (χ0n) is 35.1. The maximum Gasteiger partial charge on any atom is 0.364 e. The zero-order valence-corrected chi connectivity index (χ0v) is 35.8. The second kappa shape index (κ2) is 16.5. The summed E-state index contributed by atoms with van der Waals surface area (Å²) >= 11 is 5.94. The predicted octanol–water partition coefficient (Wildman–Crippen LogP) is 3.00. The minimum absolute atomic E-state index is 0.00805. The van der Waals surface area contributed by atoms with Gasteiger partial charge in [0.05, 0.1) is 23.7 Å². The van der Waals surface area contributed by atoms with Crippen LogP contribution in [0.4, 0.5) is 5.69 Å². The van der Waals surface area contributed by atoms with Crippen molar-refractivity contribution >= 4 is 57.7 Å². The first-order chi connectivity index (χ1) is 31.1. The van der Waals surface area contributed by atoms with Crippen molar-refractivity contribution in [3.8, 4) is 17.2 Å². The Morgan fingerprint density at radius 2 is 1.61 bits per heavy atom. The fraction of sp³-hybridized carbons (Fsp3) is 0.348. The number of epoxide rings is 1. The molecule has 3 aliphatic carbocycles. The van der Waals surface area contributed by atoms with E-state index < -0.39 is 118 Å². The molecule has 1 saturated carbocycles. The van der Waals surface area contributed by atoms with Crippen molar-refractivity contribution < 1.29 is 83.1 Å². The molecule has 1 amide bonds. The molecule has 3 fully saturated rings. The second-order valence-electron chi connectivity index (χ2n) is 16.7. The molecular formula is C46H42ClNO18. The summed E-state index contributed by atoms with van der Waals surface area (Å²) in [5.41, 5.74) is -12.3. The molecule has 19 nitrogen and oxygen atoms in total. The number of fused-ring (bicyclic) bond motifs is 3. The highest BCUT2D eigenvalue weighted by atomic mass is 35.5. The molecule has 10 atom stereocenters. The van der Waals surface area contributed by atoms with Crippen LogP contribution >= 0.6 is 11.6 Å². The standard InChI is InChI=1S/C46H42ClNO18/c1-20-16-29(51)45(61)43(60,18-20)19-30(52)44-41(58)33-24(40(57)46(44,45)66-44)13-12-23(36(33)55)27-17-28(38(21(2)62-27)63-22(3)49)64-32(54)11-9-7-5-4-6-8-10-31(53)48-35-37(56)25-14-15-26(50)34(47)39(25)65-42(35)59/h4-16,21,27-28,30,38,41,50,52,55-56,58,60-61H,17-19H2,1-3H3,(H,48,53)/b6-4+,7-5+,10-8+,11-9+/t21-,27-,28-,30?,38-,41?,43?,44?,45?,46?/m1/s1. The van der Waals surface area contributed by atoms with Crippen molar-refractivity contribution in [1.82, 2.24) is 0 Å². The summed E-state index contributed by atoms with van der Waals surface area (Å²) in [5.74, 6) is -6.08. The number of phenols is 2. The number of nitrogens with one attached hydrogen (secondary N) is 1. The summed E-state index contributed by atoms with van der Waals surface area (Å²) in [6.07, 6.45) is 2.51. The van der Waals surface area contributed by atoms with Gasteiger partial charge in [-0.25, -0.2) is 9.59 Å². The van der Waals surface area contributed by atoms with Crippen LogP contribution in [-0.4, -0.2) is 112 Å². The number of carbonyl (C=O) groups is 5. The lowest BCUT2D eigenvalue weighted by atomic mass is 9.50. The Hall–Kier alpha value is -6.45. The predicted molar refractivity (Wildman–Crippen MR) is 227 cm³/mol. The number of ether oxygens (including phenoxy) is 4. The van der Waals surface area contributed by atoms with Crippen LogP contribution in [0.15, 0.2) is 93.7 Å². The Morgan fingerprint density at radius 3 is 2.30 bits per heavy atom. The van der Waals surface area contributed by atoms with Gasteiger partial charge >= 0.3 is 17.6 Å². The number of ketones is 2. The van der Waals surface area contributed by atoms with Gasteiger partial charge in [0.1, 0.15) is 34.3 Å². The normalized spacial score (nSPS) is 32.5. The van der Waals surface area contributed by atoms with E-state index in [1.807, 2.05) is 0 Å². The number of aliphatic hydroxyl groups is 4. The highest BCUT2D eigenvalue weighted by Gasteiger charge is 2.96. The van der Waals surface area contributed by atoms with E-state index >= 15 is 0 Å². The second-order valence-corrected chi connectivity index (χ2v) is 17.1. The zero-order chi connectivity index (χ0) is 47.8. The fourth-order valence-electron chi connectivity index (χ4n) is 9.78. The van der Waals surface area contributed by atoms with E-state index in [9.17, 15) is 64.5 Å². The number of hydrogen-bond acceptors (Lipinski definition) is 18. The van der Waals surface area contributed by atoms with E-state index in [2.05, 4.69) is 5.32 Å². The molecule has 3 heterocycles. The lowest BCUT2D eigenvalue weighted by Gasteiger charge is -2.54. The molecule has 2 saturated heterocycles. The average Bonchev–Trinajstić information content (AvgIpc) is 3.98. The van der Waals surface area contributed by atoms with Gasteiger partial charge in [-0.05, 0) is 32.1 Å². The maximum atomic E-state index is 14.4. The number of anilines is 1. The molecule has 2 aromatic carbocycles. The molecule has 66 heavy (non-hydrogen) atoms. The third kappa shape index (κ3) is 6.88. The molecule has 5 aliphatic rings. The van der Waals surface area contributed by atoms with Gasteiger partial charge in [-0.15, -0.1) is 0 Å². The highest BCUT2D eigenvalue weighted by molar-refractivity contribution is 6.36. The molecule has 0 radical (unpaired) electrons. The van der Waals surface area contributed by atoms with Crippen molar-refractivity contribution in [2.45, 2.75) is 99.1 Å². The maximum absolute atomic E-state index is 14.4. The van der Waals surface area contributed by atoms with Gasteiger partial charge < -0.3 is 64.4 Å². The van der Waals surface area contributed by atoms with E-state index in [0.29, 0.717) is 5.57 Å². The minimum Gasteiger partial charge on any atom is -0.507 e. The molecule has 2 aliphatic heterocycles. The number of aromatic hydroxyl groups is 3. The first-order valence-corrected chi connectivity index (χ1v) is 20.8. The molecule has 8 N–H and O–H groups in total. The SMILES string of the molecule is CC(=O)O[C@@H]1[C@@H](C)O[C@@H](c2ccc3c(c2O)C(O)C24OC2(C3=O)C2(O)C(=O)C=C(C)CC2(O)CC4O)C[C@H]1OC(=O)/C=C/C=C/C=C/C=C/C(=O)Nc1c(O)c2ccc(O)c(Cl)c2oc1=O. The Kier molecular flexibility index (Phi) is 11.5. The molecular weight excluding hydrogens is 890 g/mol. The van der Waals surface area contributed by atoms with Crippen LogP contribution in [-0.2, 0) is 38.1 Å². The molecule has 346 valence electrons. The summed E-state index contributed by atoms with van der Waals surface area (Å²) in [4.78, 5) is 77.7. The van der Waals surface area contributed by atoms with Crippen molar-refractivity contribution in [2.75, 3.05) is 5.32 Å². The van der Waals surface area contributed by atoms with Gasteiger partial charge in [0.25, 0.3) is 0 Å². The number of benzene rings is 2. The Labute approximate surface area is 378 Å². The first kappa shape index (κ1) is 46.1. The summed E-state index contributed by atoms with van der Waals surface area (Å²) in [6.45, 7) is 4.23. The van der Waals surface area contributed by atoms with Crippen LogP contribution in [0.5, 0.6) is 17.2 Å². The first-order valence-electron chi connectivity index (χ1n) is 20.5. The number of halogens is 1. The van der Waals surface area contributed by atoms with Crippen molar-refractivity contribution in [1.29, 1.82) is 0 Å². The number of amides is 1. The summed E-state index contributed by atoms with van der Waals surface area (Å²) < 4.78 is 28.2. The number of allylic oxidation sites excluding steroid dienone is 6. The monoisotopic (exact) mass is 931 g/mol. The number of carbonyl (C=O) groups excluding carboxylic acids is 5. The van der Waals surface area contributed by atoms with E-state index in [4.69, 9.17) is 35.0 Å². The summed E-state index contributed by atoms with van der Waals surface area (Å²) in [7, 11) is 0. The van der Waals surface area contributed by atoms with Crippen LogP contribution in [0, 0.1) is 0 Å². The molecule has 6 unspecified atom stereocenters. The number of rotatable bonds is 9. The molecule has 1 aromatic heterocycles. The van der Waals surface area contributed by atoms with Gasteiger partial charge in [-0.1, -0.05) is 65.8 Å². The van der Waals surface area contributed by atoms with Crippen LogP contribution in [0.3, 0.4) is 0 Å². The molecule has 8 rings (SSSR count). The van der Waals surface area contributed by atoms with Gasteiger partial charge in [-0.2, -0.15) is 0 Å². The lowest BCUT2D eigenvalue weighted by Crippen LogP contribution is -2.78. The Bertz CT molecular complexity index is 2840. The largest absolute Gasteiger partial charge is 0.507 e. The minimum atomic E-state index is -2.88. The van der Waals surface area contributed by atoms with E-state index in [-0.39, 0.29) is 51.3 Å². The lowest BCUT2D eigenvalue weighted by molar-refractivity contribution is -0.210. The molecule has 0 spiro atoms. The number of phenolic OH excluding ortho intramolecular Hbond substituents is 2. The highest BCUT2D eigenvalue weighted by Crippen LogP contribution is 2.74. The topological polar surface area (TPSA) is 309 Å². The molecule has 3 aromatic rings. The third-order valence-corrected chi connectivity index (χ3v) is 13.0. The number of hydrogen-bond donors (Lipinski definition) is 8. The number of Topliss-reactive ketones (excluding diaryl/α,β-unsaturated/α-hetero) is 1. The van der Waals surface area contributed by atoms with Crippen LogP contribution in [0.1, 0.15) is 73.7 Å². The Balaban J connectivity index is 0.943. The number of aliphatic hydroxyl groups excluding tert-OH is 2. The van der Waals surface area contributed by atoms with Gasteiger partial charge in [-0.3, -0.25) is 19.2 Å². The van der Waals surface area contributed by atoms with Crippen LogP contribution in [0.25, 0.3) is 11.0 Å². The van der Waals surface area contributed by atoms with Gasteiger partial charge in [0, 0.05) is 55.0 Å². The smallest absolute Gasteiger partial charge is 0.364 e. The van der Waals surface area contributed by atoms with Crippen molar-refractivity contribution in [3.63, 3.8) is 0 Å². The molecule has 20 heteroatoms. The third-order valence-electron chi connectivity index (χ3n) is 12.7. The van der Waals surface area contributed by atoms with E-state index in [0.717, 1.165) is 25.2 Å². The van der Waals surface area contributed by atoms with Crippen LogP contribution in [0.2, 0.25) is 5.02 Å². The average molecular weight is 932 g/mol. The van der Waals surface area contributed by atoms with E-state index in [1.54, 1.807) is 6.92 Å². The van der Waals surface area contributed by atoms with Gasteiger partial charge in [0.2, 0.25) is 17.3 Å². The van der Waals surface area contributed by atoms with E-state index in [1.165, 1.54) is 67.6 Å². The molecule has 0 bridgehead atoms. The van der Waals surface area contributed by atoms with Crippen molar-refractivity contribution in [2.24, 2.45) is 0 Å². The van der Waals surface area contributed by atoms with Crippen LogP contribution < -0.4 is 10.9 Å². The van der Waals surface area contributed by atoms with Crippen molar-refractivity contribution in [3.05, 3.63) is 117 Å². The quantitative estimate of drug-likeness (QED) is 0.0503.